The van der Waals surface area contributed by atoms with Crippen molar-refractivity contribution in [3.63, 3.8) is 0 Å². The van der Waals surface area contributed by atoms with Crippen LogP contribution in [-0.2, 0) is 9.53 Å². The fourth-order valence-corrected chi connectivity index (χ4v) is 2.40. The number of hydrogen-bond donors (Lipinski definition) is 1. The van der Waals surface area contributed by atoms with E-state index in [9.17, 15) is 9.59 Å². The maximum absolute atomic E-state index is 12.0. The molecule has 0 aromatic carbocycles. The molecule has 0 spiro atoms. The van der Waals surface area contributed by atoms with Crippen molar-refractivity contribution in [1.82, 2.24) is 4.90 Å². The Kier molecular flexibility index (Phi) is 4.96. The van der Waals surface area contributed by atoms with Crippen LogP contribution in [0.15, 0.2) is 0 Å². The van der Waals surface area contributed by atoms with Crippen molar-refractivity contribution in [1.29, 1.82) is 0 Å². The zero-order valence-electron chi connectivity index (χ0n) is 12.6. The summed E-state index contributed by atoms with van der Waals surface area (Å²) in [5, 5.41) is 0. The van der Waals surface area contributed by atoms with Crippen LogP contribution in [0.1, 0.15) is 41.0 Å². The second kappa shape index (κ2) is 5.90. The summed E-state index contributed by atoms with van der Waals surface area (Å²) in [6.45, 7) is 10.4. The van der Waals surface area contributed by atoms with E-state index in [2.05, 4.69) is 0 Å². The topological polar surface area (TPSA) is 72.6 Å². The van der Waals surface area contributed by atoms with E-state index >= 15 is 0 Å². The highest BCUT2D eigenvalue weighted by atomic mass is 16.6. The quantitative estimate of drug-likeness (QED) is 0.830. The normalized spacial score (nSPS) is 25.9. The summed E-state index contributed by atoms with van der Waals surface area (Å²) in [7, 11) is 0. The SMILES string of the molecule is CC(N)C(=O)C1CCN(C(=O)OC(C)(C)C)CC1C. The maximum atomic E-state index is 12.0. The van der Waals surface area contributed by atoms with Crippen molar-refractivity contribution >= 4 is 11.9 Å². The number of ether oxygens (including phenoxy) is 1. The number of piperidine rings is 1. The van der Waals surface area contributed by atoms with Crippen LogP contribution < -0.4 is 5.73 Å². The second-order valence-electron chi connectivity index (χ2n) is 6.49. The zero-order valence-corrected chi connectivity index (χ0v) is 12.6. The number of amides is 1. The van der Waals surface area contributed by atoms with E-state index in [-0.39, 0.29) is 23.7 Å². The van der Waals surface area contributed by atoms with Crippen molar-refractivity contribution in [3.8, 4) is 0 Å². The highest BCUT2D eigenvalue weighted by Crippen LogP contribution is 2.26. The zero-order chi connectivity index (χ0) is 14.8. The van der Waals surface area contributed by atoms with Crippen LogP contribution in [-0.4, -0.2) is 41.5 Å². The highest BCUT2D eigenvalue weighted by molar-refractivity contribution is 5.86. The van der Waals surface area contributed by atoms with Crippen LogP contribution in [0.4, 0.5) is 4.79 Å². The molecule has 1 aliphatic rings. The number of ketones is 1. The summed E-state index contributed by atoms with van der Waals surface area (Å²) in [6, 6.07) is -0.430. The molecule has 0 saturated carbocycles. The van der Waals surface area contributed by atoms with E-state index in [1.54, 1.807) is 11.8 Å². The number of hydrogen-bond acceptors (Lipinski definition) is 4. The maximum Gasteiger partial charge on any atom is 0.410 e. The van der Waals surface area contributed by atoms with Crippen LogP contribution >= 0.6 is 0 Å². The molecule has 0 aliphatic carbocycles. The van der Waals surface area contributed by atoms with E-state index in [0.29, 0.717) is 19.5 Å². The molecule has 5 nitrogen and oxygen atoms in total. The third-order valence-corrected chi connectivity index (χ3v) is 3.37. The van der Waals surface area contributed by atoms with Crippen molar-refractivity contribution in [2.24, 2.45) is 17.6 Å². The molecule has 1 saturated heterocycles. The van der Waals surface area contributed by atoms with Crippen molar-refractivity contribution in [3.05, 3.63) is 0 Å². The molecule has 1 amide bonds. The van der Waals surface area contributed by atoms with Gasteiger partial charge in [-0.25, -0.2) is 4.79 Å². The lowest BCUT2D eigenvalue weighted by Gasteiger charge is -2.37. The van der Waals surface area contributed by atoms with Gasteiger partial charge in [-0.3, -0.25) is 4.79 Å². The summed E-state index contributed by atoms with van der Waals surface area (Å²) in [5.41, 5.74) is 5.16. The third-order valence-electron chi connectivity index (χ3n) is 3.37. The minimum absolute atomic E-state index is 0.0429. The molecule has 0 radical (unpaired) electrons. The van der Waals surface area contributed by atoms with Gasteiger partial charge < -0.3 is 15.4 Å². The predicted octanol–water partition coefficient (Wildman–Crippen LogP) is 1.80. The second-order valence-corrected chi connectivity index (χ2v) is 6.49. The summed E-state index contributed by atoms with van der Waals surface area (Å²) < 4.78 is 5.35. The lowest BCUT2D eigenvalue weighted by atomic mass is 9.82. The monoisotopic (exact) mass is 270 g/mol. The van der Waals surface area contributed by atoms with E-state index in [4.69, 9.17) is 10.5 Å². The minimum atomic E-state index is -0.487. The number of carbonyl (C=O) groups is 2. The van der Waals surface area contributed by atoms with Crippen LogP contribution in [0.25, 0.3) is 0 Å². The summed E-state index contributed by atoms with van der Waals surface area (Å²) in [6.07, 6.45) is 0.367. The first-order chi connectivity index (χ1) is 8.61. The number of likely N-dealkylation sites (tertiary alicyclic amines) is 1. The van der Waals surface area contributed by atoms with Gasteiger partial charge in [0.1, 0.15) is 5.60 Å². The first-order valence-electron chi connectivity index (χ1n) is 6.89. The number of nitrogens with two attached hydrogens (primary N) is 1. The average Bonchev–Trinajstić information content (AvgIpc) is 2.25. The van der Waals surface area contributed by atoms with Crippen LogP contribution in [0.3, 0.4) is 0 Å². The van der Waals surface area contributed by atoms with Crippen molar-refractivity contribution < 1.29 is 14.3 Å². The minimum Gasteiger partial charge on any atom is -0.444 e. The molecule has 5 heteroatoms. The Morgan fingerprint density at radius 2 is 1.95 bits per heavy atom. The third kappa shape index (κ3) is 4.49. The molecule has 1 rings (SSSR count). The van der Waals surface area contributed by atoms with Gasteiger partial charge in [0, 0.05) is 19.0 Å². The summed E-state index contributed by atoms with van der Waals surface area (Å²) in [4.78, 5) is 25.6. The summed E-state index contributed by atoms with van der Waals surface area (Å²) in [5.74, 6) is 0.176. The molecule has 3 atom stereocenters. The molecule has 1 heterocycles. The van der Waals surface area contributed by atoms with Gasteiger partial charge in [-0.2, -0.15) is 0 Å². The van der Waals surface area contributed by atoms with Crippen LogP contribution in [0, 0.1) is 11.8 Å². The fourth-order valence-electron chi connectivity index (χ4n) is 2.40. The number of carbonyl (C=O) groups excluding carboxylic acids is 2. The number of rotatable bonds is 2. The smallest absolute Gasteiger partial charge is 0.410 e. The fraction of sp³-hybridized carbons (Fsp3) is 0.857. The van der Waals surface area contributed by atoms with Gasteiger partial charge in [-0.1, -0.05) is 6.92 Å². The molecular formula is C14H26N2O3. The molecule has 0 aromatic rings. The first-order valence-corrected chi connectivity index (χ1v) is 6.89. The van der Waals surface area contributed by atoms with E-state index < -0.39 is 11.6 Å². The van der Waals surface area contributed by atoms with Gasteiger partial charge in [0.05, 0.1) is 6.04 Å². The molecule has 1 aliphatic heterocycles. The number of Topliss-reactive ketones (excluding diaryl/α,β-unsaturated/α-hetero) is 1. The van der Waals surface area contributed by atoms with Crippen LogP contribution in [0.5, 0.6) is 0 Å². The van der Waals surface area contributed by atoms with Gasteiger partial charge in [-0.05, 0) is 40.0 Å². The molecule has 19 heavy (non-hydrogen) atoms. The predicted molar refractivity (Wildman–Crippen MR) is 73.7 cm³/mol. The van der Waals surface area contributed by atoms with Crippen molar-refractivity contribution in [2.75, 3.05) is 13.1 Å². The Morgan fingerprint density at radius 1 is 1.37 bits per heavy atom. The number of nitrogens with zero attached hydrogens (tertiary/aromatic N) is 1. The Labute approximate surface area is 115 Å². The van der Waals surface area contributed by atoms with Gasteiger partial charge in [0.2, 0.25) is 0 Å². The Hall–Kier alpha value is -1.10. The molecule has 1 fully saturated rings. The molecule has 3 unspecified atom stereocenters. The Balaban J connectivity index is 2.59. The van der Waals surface area contributed by atoms with Gasteiger partial charge >= 0.3 is 6.09 Å². The molecule has 110 valence electrons. The lowest BCUT2D eigenvalue weighted by molar-refractivity contribution is -0.127. The standard InChI is InChI=1S/C14H26N2O3/c1-9-8-16(13(18)19-14(3,4)5)7-6-11(9)12(17)10(2)15/h9-11H,6-8,15H2,1-5H3. The molecule has 2 N–H and O–H groups in total. The molecule has 0 aromatic heterocycles. The molecular weight excluding hydrogens is 244 g/mol. The average molecular weight is 270 g/mol. The lowest BCUT2D eigenvalue weighted by Crippen LogP contribution is -2.48. The first kappa shape index (κ1) is 16.0. The van der Waals surface area contributed by atoms with Crippen LogP contribution in [0.2, 0.25) is 0 Å². The highest BCUT2D eigenvalue weighted by Gasteiger charge is 2.35. The van der Waals surface area contributed by atoms with Gasteiger partial charge in [0.25, 0.3) is 0 Å². The van der Waals surface area contributed by atoms with Gasteiger partial charge in [-0.15, -0.1) is 0 Å². The van der Waals surface area contributed by atoms with E-state index in [0.717, 1.165) is 0 Å². The Bertz CT molecular complexity index is 347. The molecule has 0 bridgehead atoms. The summed E-state index contributed by atoms with van der Waals surface area (Å²) >= 11 is 0. The van der Waals surface area contributed by atoms with E-state index in [1.807, 2.05) is 27.7 Å². The Morgan fingerprint density at radius 3 is 2.37 bits per heavy atom. The van der Waals surface area contributed by atoms with E-state index in [1.165, 1.54) is 0 Å². The largest absolute Gasteiger partial charge is 0.444 e. The van der Waals surface area contributed by atoms with Gasteiger partial charge in [0.15, 0.2) is 5.78 Å². The van der Waals surface area contributed by atoms with Crippen molar-refractivity contribution in [2.45, 2.75) is 52.7 Å².